The van der Waals surface area contributed by atoms with Gasteiger partial charge in [-0.25, -0.2) is 9.97 Å². The molecular formula is C21H24ClN5OS. The van der Waals surface area contributed by atoms with Crippen LogP contribution in [0.1, 0.15) is 44.0 Å². The summed E-state index contributed by atoms with van der Waals surface area (Å²) in [4.78, 5) is 27.6. The number of thioether (sulfide) groups is 1. The third-order valence-electron chi connectivity index (χ3n) is 5.29. The van der Waals surface area contributed by atoms with Crippen LogP contribution in [0.4, 0.5) is 5.82 Å². The van der Waals surface area contributed by atoms with Gasteiger partial charge >= 0.3 is 0 Å². The molecule has 2 heterocycles. The zero-order chi connectivity index (χ0) is 20.5. The number of halogens is 1. The van der Waals surface area contributed by atoms with Crippen molar-refractivity contribution in [1.82, 2.24) is 19.5 Å². The Morgan fingerprint density at radius 3 is 2.62 bits per heavy atom. The SMILES string of the molecule is CCSc1ccc(CNc2nc3c(C)nc(Cl)nc3n(C(C)C3CC3)c2=O)cc1. The van der Waals surface area contributed by atoms with Crippen molar-refractivity contribution in [2.75, 3.05) is 11.1 Å². The second kappa shape index (κ2) is 8.32. The van der Waals surface area contributed by atoms with Gasteiger partial charge in [-0.1, -0.05) is 19.1 Å². The number of anilines is 1. The fraction of sp³-hybridized carbons (Fsp3) is 0.429. The van der Waals surface area contributed by atoms with Gasteiger partial charge in [-0.3, -0.25) is 9.36 Å². The van der Waals surface area contributed by atoms with Gasteiger partial charge in [0.15, 0.2) is 11.5 Å². The number of nitrogens with zero attached hydrogens (tertiary/aromatic N) is 4. The highest BCUT2D eigenvalue weighted by atomic mass is 35.5. The van der Waals surface area contributed by atoms with Crippen LogP contribution in [-0.4, -0.2) is 25.3 Å². The van der Waals surface area contributed by atoms with Crippen LogP contribution >= 0.6 is 23.4 Å². The molecule has 0 aliphatic heterocycles. The minimum absolute atomic E-state index is 0.0456. The van der Waals surface area contributed by atoms with E-state index >= 15 is 0 Å². The number of rotatable bonds is 7. The number of aromatic nitrogens is 4. The predicted octanol–water partition coefficient (Wildman–Crippen LogP) is 4.84. The highest BCUT2D eigenvalue weighted by Crippen LogP contribution is 2.39. The minimum Gasteiger partial charge on any atom is -0.361 e. The molecule has 0 amide bonds. The summed E-state index contributed by atoms with van der Waals surface area (Å²) in [7, 11) is 0. The third kappa shape index (κ3) is 4.26. The molecular weight excluding hydrogens is 406 g/mol. The first kappa shape index (κ1) is 20.2. The Bertz CT molecular complexity index is 1090. The molecule has 1 aliphatic carbocycles. The van der Waals surface area contributed by atoms with Gasteiger partial charge in [0.25, 0.3) is 5.56 Å². The molecule has 3 aromatic rings. The monoisotopic (exact) mass is 429 g/mol. The molecule has 1 N–H and O–H groups in total. The Balaban J connectivity index is 1.70. The molecule has 8 heteroatoms. The predicted molar refractivity (Wildman–Crippen MR) is 119 cm³/mol. The average Bonchev–Trinajstić information content (AvgIpc) is 3.53. The van der Waals surface area contributed by atoms with E-state index in [-0.39, 0.29) is 16.9 Å². The van der Waals surface area contributed by atoms with Crippen LogP contribution in [-0.2, 0) is 6.54 Å². The highest BCUT2D eigenvalue weighted by Gasteiger charge is 2.32. The topological polar surface area (TPSA) is 72.7 Å². The lowest BCUT2D eigenvalue weighted by Crippen LogP contribution is -2.29. The number of benzene rings is 1. The number of nitrogens with one attached hydrogen (secondary N) is 1. The molecule has 29 heavy (non-hydrogen) atoms. The van der Waals surface area contributed by atoms with Crippen molar-refractivity contribution in [1.29, 1.82) is 0 Å². The van der Waals surface area contributed by atoms with Crippen LogP contribution in [0.3, 0.4) is 0 Å². The number of fused-ring (bicyclic) bond motifs is 1. The van der Waals surface area contributed by atoms with E-state index < -0.39 is 0 Å². The van der Waals surface area contributed by atoms with Crippen LogP contribution in [0.25, 0.3) is 11.2 Å². The first-order valence-corrected chi connectivity index (χ1v) is 11.3. The van der Waals surface area contributed by atoms with Crippen molar-refractivity contribution in [2.45, 2.75) is 51.1 Å². The lowest BCUT2D eigenvalue weighted by atomic mass is 10.2. The van der Waals surface area contributed by atoms with Crippen molar-refractivity contribution in [3.05, 3.63) is 51.2 Å². The van der Waals surface area contributed by atoms with E-state index in [9.17, 15) is 4.79 Å². The van der Waals surface area contributed by atoms with Crippen molar-refractivity contribution in [3.8, 4) is 0 Å². The molecule has 6 nitrogen and oxygen atoms in total. The number of aryl methyl sites for hydroxylation is 1. The summed E-state index contributed by atoms with van der Waals surface area (Å²) in [6, 6.07) is 8.40. The Morgan fingerprint density at radius 2 is 1.97 bits per heavy atom. The molecule has 1 unspecified atom stereocenters. The first-order chi connectivity index (χ1) is 14.0. The lowest BCUT2D eigenvalue weighted by molar-refractivity contribution is 0.482. The largest absolute Gasteiger partial charge is 0.361 e. The standard InChI is InChI=1S/C21H24ClN5OS/c1-4-29-16-9-5-14(6-10-16)11-23-18-20(28)27(13(3)15-7-8-15)19-17(25-18)12(2)24-21(22)26-19/h5-6,9-10,13,15H,4,7-8,11H2,1-3H3,(H,23,25). The summed E-state index contributed by atoms with van der Waals surface area (Å²) in [6.07, 6.45) is 2.25. The third-order valence-corrected chi connectivity index (χ3v) is 6.35. The zero-order valence-corrected chi connectivity index (χ0v) is 18.3. The first-order valence-electron chi connectivity index (χ1n) is 9.90. The van der Waals surface area contributed by atoms with E-state index in [4.69, 9.17) is 11.6 Å². The average molecular weight is 430 g/mol. The van der Waals surface area contributed by atoms with Crippen LogP contribution in [0.2, 0.25) is 5.28 Å². The van der Waals surface area contributed by atoms with E-state index in [0.717, 1.165) is 24.2 Å². The zero-order valence-electron chi connectivity index (χ0n) is 16.8. The van der Waals surface area contributed by atoms with E-state index in [1.807, 2.05) is 18.7 Å². The summed E-state index contributed by atoms with van der Waals surface area (Å²) in [5, 5.41) is 3.37. The Labute approximate surface area is 179 Å². The summed E-state index contributed by atoms with van der Waals surface area (Å²) in [5.74, 6) is 1.86. The van der Waals surface area contributed by atoms with Gasteiger partial charge in [0.05, 0.1) is 5.69 Å². The van der Waals surface area contributed by atoms with Crippen LogP contribution in [0.15, 0.2) is 34.0 Å². The fourth-order valence-electron chi connectivity index (χ4n) is 3.53. The van der Waals surface area contributed by atoms with Crippen molar-refractivity contribution >= 4 is 40.3 Å². The van der Waals surface area contributed by atoms with Gasteiger partial charge in [-0.15, -0.1) is 11.8 Å². The molecule has 152 valence electrons. The van der Waals surface area contributed by atoms with Gasteiger partial charge in [0, 0.05) is 17.5 Å². The van der Waals surface area contributed by atoms with Crippen LogP contribution in [0.5, 0.6) is 0 Å². The van der Waals surface area contributed by atoms with Crippen molar-refractivity contribution < 1.29 is 0 Å². The summed E-state index contributed by atoms with van der Waals surface area (Å²) < 4.78 is 1.74. The highest BCUT2D eigenvalue weighted by molar-refractivity contribution is 7.99. The van der Waals surface area contributed by atoms with Crippen LogP contribution in [0, 0.1) is 12.8 Å². The van der Waals surface area contributed by atoms with Gasteiger partial charge < -0.3 is 5.32 Å². The van der Waals surface area contributed by atoms with E-state index in [1.54, 1.807) is 4.57 Å². The van der Waals surface area contributed by atoms with E-state index in [2.05, 4.69) is 58.4 Å². The summed E-state index contributed by atoms with van der Waals surface area (Å²) in [5.41, 5.74) is 2.72. The van der Waals surface area contributed by atoms with Gasteiger partial charge in [0.1, 0.15) is 5.52 Å². The van der Waals surface area contributed by atoms with Gasteiger partial charge in [0.2, 0.25) is 5.28 Å². The Hall–Kier alpha value is -2.12. The van der Waals surface area contributed by atoms with E-state index in [0.29, 0.717) is 35.1 Å². The normalized spacial score (nSPS) is 14.9. The van der Waals surface area contributed by atoms with E-state index in [1.165, 1.54) is 4.90 Å². The van der Waals surface area contributed by atoms with Crippen molar-refractivity contribution in [2.24, 2.45) is 5.92 Å². The molecule has 4 rings (SSSR count). The molecule has 1 fully saturated rings. The maximum atomic E-state index is 13.3. The molecule has 1 aliphatic rings. The summed E-state index contributed by atoms with van der Waals surface area (Å²) in [6.45, 7) is 6.57. The maximum Gasteiger partial charge on any atom is 0.295 e. The second-order valence-electron chi connectivity index (χ2n) is 7.39. The molecule has 0 saturated heterocycles. The molecule has 2 aromatic heterocycles. The Morgan fingerprint density at radius 1 is 1.24 bits per heavy atom. The number of hydrogen-bond donors (Lipinski definition) is 1. The minimum atomic E-state index is -0.163. The maximum absolute atomic E-state index is 13.3. The summed E-state index contributed by atoms with van der Waals surface area (Å²) >= 11 is 7.89. The van der Waals surface area contributed by atoms with Gasteiger partial charge in [-0.05, 0) is 67.7 Å². The lowest BCUT2D eigenvalue weighted by Gasteiger charge is -2.19. The molecule has 0 radical (unpaired) electrons. The molecule has 0 spiro atoms. The quantitative estimate of drug-likeness (QED) is 0.427. The van der Waals surface area contributed by atoms with Crippen molar-refractivity contribution in [3.63, 3.8) is 0 Å². The Kier molecular flexibility index (Phi) is 5.79. The molecule has 1 atom stereocenters. The van der Waals surface area contributed by atoms with Crippen LogP contribution < -0.4 is 10.9 Å². The fourth-order valence-corrected chi connectivity index (χ4v) is 4.39. The number of hydrogen-bond acceptors (Lipinski definition) is 6. The molecule has 1 saturated carbocycles. The van der Waals surface area contributed by atoms with Gasteiger partial charge in [-0.2, -0.15) is 4.98 Å². The second-order valence-corrected chi connectivity index (χ2v) is 9.07. The smallest absolute Gasteiger partial charge is 0.295 e. The molecule has 1 aromatic carbocycles. The molecule has 0 bridgehead atoms.